The van der Waals surface area contributed by atoms with Gasteiger partial charge < -0.3 is 9.84 Å². The first-order valence-corrected chi connectivity index (χ1v) is 6.96. The van der Waals surface area contributed by atoms with Gasteiger partial charge in [-0.2, -0.15) is 0 Å². The highest BCUT2D eigenvalue weighted by Gasteiger charge is 2.22. The summed E-state index contributed by atoms with van der Waals surface area (Å²) < 4.78 is 5.36. The van der Waals surface area contributed by atoms with Crippen LogP contribution in [0, 0.1) is 12.8 Å². The van der Waals surface area contributed by atoms with Crippen molar-refractivity contribution in [1.82, 2.24) is 0 Å². The Morgan fingerprint density at radius 3 is 2.56 bits per heavy atom. The fourth-order valence-corrected chi connectivity index (χ4v) is 2.39. The number of hydrogen-bond donors (Lipinski definition) is 1. The molecule has 0 heterocycles. The lowest BCUT2D eigenvalue weighted by molar-refractivity contribution is 0.0962. The second-order valence-corrected chi connectivity index (χ2v) is 5.00. The molecular formula is C16H26O2. The summed E-state index contributed by atoms with van der Waals surface area (Å²) >= 11 is 0. The van der Waals surface area contributed by atoms with Gasteiger partial charge in [0.25, 0.3) is 0 Å². The van der Waals surface area contributed by atoms with Crippen LogP contribution in [0.2, 0.25) is 0 Å². The number of methoxy groups -OCH3 is 1. The largest absolute Gasteiger partial charge is 0.496 e. The maximum absolute atomic E-state index is 10.6. The average molecular weight is 250 g/mol. The molecular weight excluding hydrogens is 224 g/mol. The predicted octanol–water partition coefficient (Wildman–Crippen LogP) is 4.25. The highest BCUT2D eigenvalue weighted by atomic mass is 16.5. The van der Waals surface area contributed by atoms with Crippen molar-refractivity contribution in [2.45, 2.75) is 52.6 Å². The number of ether oxygens (including phenoxy) is 1. The number of hydrogen-bond acceptors (Lipinski definition) is 2. The second-order valence-electron chi connectivity index (χ2n) is 5.00. The topological polar surface area (TPSA) is 29.5 Å². The zero-order chi connectivity index (χ0) is 13.5. The van der Waals surface area contributed by atoms with Crippen LogP contribution in [0.25, 0.3) is 0 Å². The monoisotopic (exact) mass is 250 g/mol. The summed E-state index contributed by atoms with van der Waals surface area (Å²) in [4.78, 5) is 0. The first-order chi connectivity index (χ1) is 8.63. The molecule has 1 N–H and O–H groups in total. The van der Waals surface area contributed by atoms with Crippen molar-refractivity contribution in [3.05, 3.63) is 29.3 Å². The summed E-state index contributed by atoms with van der Waals surface area (Å²) in [7, 11) is 1.66. The summed E-state index contributed by atoms with van der Waals surface area (Å²) in [6, 6.07) is 6.00. The standard InChI is InChI=1S/C16H26O2/c1-5-7-8-13(6-2)16(17)14-11-12(3)9-10-15(14)18-4/h9-11,13,16-17H,5-8H2,1-4H3. The molecule has 0 saturated carbocycles. The Balaban J connectivity index is 2.92. The van der Waals surface area contributed by atoms with E-state index in [4.69, 9.17) is 4.74 Å². The molecule has 0 aliphatic heterocycles. The highest BCUT2D eigenvalue weighted by molar-refractivity contribution is 5.38. The zero-order valence-electron chi connectivity index (χ0n) is 12.1. The molecule has 2 atom stereocenters. The normalized spacial score (nSPS) is 14.3. The lowest BCUT2D eigenvalue weighted by atomic mass is 9.88. The van der Waals surface area contributed by atoms with Gasteiger partial charge in [0.15, 0.2) is 0 Å². The Hall–Kier alpha value is -1.02. The minimum atomic E-state index is -0.420. The van der Waals surface area contributed by atoms with Gasteiger partial charge in [0.05, 0.1) is 13.2 Å². The quantitative estimate of drug-likeness (QED) is 0.783. The fourth-order valence-electron chi connectivity index (χ4n) is 2.39. The van der Waals surface area contributed by atoms with E-state index in [1.165, 1.54) is 12.8 Å². The molecule has 18 heavy (non-hydrogen) atoms. The van der Waals surface area contributed by atoms with Crippen molar-refractivity contribution in [3.63, 3.8) is 0 Å². The van der Waals surface area contributed by atoms with E-state index in [-0.39, 0.29) is 0 Å². The number of rotatable bonds is 7. The van der Waals surface area contributed by atoms with Crippen molar-refractivity contribution in [2.75, 3.05) is 7.11 Å². The van der Waals surface area contributed by atoms with Gasteiger partial charge in [-0.3, -0.25) is 0 Å². The van der Waals surface area contributed by atoms with E-state index >= 15 is 0 Å². The Morgan fingerprint density at radius 1 is 1.28 bits per heavy atom. The van der Waals surface area contributed by atoms with Crippen molar-refractivity contribution >= 4 is 0 Å². The maximum atomic E-state index is 10.6. The Labute approximate surface area is 111 Å². The van der Waals surface area contributed by atoms with Gasteiger partial charge in [-0.1, -0.05) is 44.7 Å². The van der Waals surface area contributed by atoms with Gasteiger partial charge in [-0.25, -0.2) is 0 Å². The predicted molar refractivity (Wildman–Crippen MR) is 76.0 cm³/mol. The molecule has 0 amide bonds. The van der Waals surface area contributed by atoms with Crippen LogP contribution in [-0.4, -0.2) is 12.2 Å². The second kappa shape index (κ2) is 7.42. The molecule has 2 unspecified atom stereocenters. The van der Waals surface area contributed by atoms with E-state index in [9.17, 15) is 5.11 Å². The Kier molecular flexibility index (Phi) is 6.20. The maximum Gasteiger partial charge on any atom is 0.124 e. The van der Waals surface area contributed by atoms with Gasteiger partial charge in [0, 0.05) is 5.56 Å². The van der Waals surface area contributed by atoms with Crippen molar-refractivity contribution in [2.24, 2.45) is 5.92 Å². The number of benzene rings is 1. The van der Waals surface area contributed by atoms with Crippen LogP contribution in [0.1, 0.15) is 56.8 Å². The SMILES string of the molecule is CCCCC(CC)C(O)c1cc(C)ccc1OC. The summed E-state index contributed by atoms with van der Waals surface area (Å²) in [5.41, 5.74) is 2.09. The van der Waals surface area contributed by atoms with Gasteiger partial charge >= 0.3 is 0 Å². The minimum absolute atomic E-state index is 0.320. The Morgan fingerprint density at radius 2 is 2.00 bits per heavy atom. The first kappa shape index (κ1) is 15.0. The molecule has 0 fully saturated rings. The van der Waals surface area contributed by atoms with Gasteiger partial charge in [-0.15, -0.1) is 0 Å². The molecule has 2 heteroatoms. The lowest BCUT2D eigenvalue weighted by Crippen LogP contribution is -2.13. The molecule has 0 spiro atoms. The van der Waals surface area contributed by atoms with Crippen LogP contribution < -0.4 is 4.74 Å². The van der Waals surface area contributed by atoms with E-state index in [0.29, 0.717) is 5.92 Å². The Bertz CT molecular complexity index is 360. The van der Waals surface area contributed by atoms with Crippen LogP contribution in [0.5, 0.6) is 5.75 Å². The summed E-state index contributed by atoms with van der Waals surface area (Å²) in [5, 5.41) is 10.6. The smallest absolute Gasteiger partial charge is 0.124 e. The van der Waals surface area contributed by atoms with E-state index in [2.05, 4.69) is 13.8 Å². The zero-order valence-corrected chi connectivity index (χ0v) is 12.1. The van der Waals surface area contributed by atoms with Crippen molar-refractivity contribution in [1.29, 1.82) is 0 Å². The van der Waals surface area contributed by atoms with Gasteiger partial charge in [0.1, 0.15) is 5.75 Å². The summed E-state index contributed by atoms with van der Waals surface area (Å²) in [6.07, 6.45) is 4.00. The molecule has 0 aliphatic carbocycles. The van der Waals surface area contributed by atoms with Crippen LogP contribution >= 0.6 is 0 Å². The van der Waals surface area contributed by atoms with Crippen LogP contribution in [0.15, 0.2) is 18.2 Å². The molecule has 1 rings (SSSR count). The lowest BCUT2D eigenvalue weighted by Gasteiger charge is -2.23. The van der Waals surface area contributed by atoms with E-state index in [1.54, 1.807) is 7.11 Å². The third-order valence-corrected chi connectivity index (χ3v) is 3.60. The molecule has 0 aliphatic rings. The van der Waals surface area contributed by atoms with Crippen LogP contribution in [-0.2, 0) is 0 Å². The molecule has 0 radical (unpaired) electrons. The molecule has 1 aromatic carbocycles. The number of aryl methyl sites for hydroxylation is 1. The first-order valence-electron chi connectivity index (χ1n) is 6.96. The molecule has 0 saturated heterocycles. The van der Waals surface area contributed by atoms with Crippen molar-refractivity contribution in [3.8, 4) is 5.75 Å². The van der Waals surface area contributed by atoms with Crippen molar-refractivity contribution < 1.29 is 9.84 Å². The summed E-state index contributed by atoms with van der Waals surface area (Å²) in [6.45, 7) is 6.38. The molecule has 2 nitrogen and oxygen atoms in total. The van der Waals surface area contributed by atoms with Crippen LogP contribution in [0.4, 0.5) is 0 Å². The minimum Gasteiger partial charge on any atom is -0.496 e. The van der Waals surface area contributed by atoms with E-state index < -0.39 is 6.10 Å². The molecule has 0 bridgehead atoms. The highest BCUT2D eigenvalue weighted by Crippen LogP contribution is 2.34. The van der Waals surface area contributed by atoms with E-state index in [1.807, 2.05) is 25.1 Å². The molecule has 1 aromatic rings. The van der Waals surface area contributed by atoms with E-state index in [0.717, 1.165) is 29.7 Å². The number of aliphatic hydroxyl groups is 1. The summed E-state index contributed by atoms with van der Waals surface area (Å²) in [5.74, 6) is 1.11. The van der Waals surface area contributed by atoms with Crippen LogP contribution in [0.3, 0.4) is 0 Å². The molecule has 0 aromatic heterocycles. The number of aliphatic hydroxyl groups excluding tert-OH is 1. The average Bonchev–Trinajstić information content (AvgIpc) is 2.39. The molecule has 102 valence electrons. The number of unbranched alkanes of at least 4 members (excludes halogenated alkanes) is 1. The third kappa shape index (κ3) is 3.74. The van der Waals surface area contributed by atoms with Gasteiger partial charge in [-0.05, 0) is 31.4 Å². The third-order valence-electron chi connectivity index (χ3n) is 3.60. The fraction of sp³-hybridized carbons (Fsp3) is 0.625. The van der Waals surface area contributed by atoms with Gasteiger partial charge in [0.2, 0.25) is 0 Å².